The number of methoxy groups -OCH3 is 1. The van der Waals surface area contributed by atoms with Gasteiger partial charge in [-0.25, -0.2) is 9.78 Å². The first-order chi connectivity index (χ1) is 16.9. The molecule has 1 unspecified atom stereocenters. The van der Waals surface area contributed by atoms with Crippen molar-refractivity contribution in [2.45, 2.75) is 33.2 Å². The maximum absolute atomic E-state index is 13.8. The number of carbonyl (C=O) groups is 1. The lowest BCUT2D eigenvalue weighted by atomic mass is 10.1. The van der Waals surface area contributed by atoms with Gasteiger partial charge in [0.25, 0.3) is 5.56 Å². The van der Waals surface area contributed by atoms with E-state index in [0.717, 1.165) is 16.8 Å². The van der Waals surface area contributed by atoms with E-state index in [4.69, 9.17) is 9.72 Å². The minimum absolute atomic E-state index is 0.211. The van der Waals surface area contributed by atoms with Crippen LogP contribution in [0.25, 0.3) is 16.6 Å². The fourth-order valence-corrected chi connectivity index (χ4v) is 4.40. The number of fused-ring (bicyclic) bond motifs is 1. The highest BCUT2D eigenvalue weighted by molar-refractivity contribution is 5.91. The summed E-state index contributed by atoms with van der Waals surface area (Å²) in [4.78, 5) is 33.6. The van der Waals surface area contributed by atoms with E-state index >= 15 is 0 Å². The number of nitrogens with one attached hydrogen (secondary N) is 1. The van der Waals surface area contributed by atoms with Crippen LogP contribution in [-0.4, -0.2) is 34.6 Å². The summed E-state index contributed by atoms with van der Waals surface area (Å²) >= 11 is 0. The number of aryl methyl sites for hydroxylation is 2. The second-order valence-electron chi connectivity index (χ2n) is 8.53. The van der Waals surface area contributed by atoms with E-state index in [0.29, 0.717) is 34.6 Å². The van der Waals surface area contributed by atoms with Crippen molar-refractivity contribution in [3.05, 3.63) is 94.0 Å². The van der Waals surface area contributed by atoms with Crippen molar-refractivity contribution in [1.82, 2.24) is 14.5 Å². The largest absolute Gasteiger partial charge is 0.495 e. The number of urea groups is 1. The van der Waals surface area contributed by atoms with Crippen molar-refractivity contribution in [3.8, 4) is 11.4 Å². The molecule has 4 aromatic rings. The normalized spacial score (nSPS) is 11.8. The maximum atomic E-state index is 13.8. The molecule has 0 aliphatic carbocycles. The number of benzene rings is 3. The number of nitrogens with zero attached hydrogens (tertiary/aromatic N) is 3. The first-order valence-electron chi connectivity index (χ1n) is 11.6. The van der Waals surface area contributed by atoms with Crippen molar-refractivity contribution in [3.63, 3.8) is 0 Å². The molecule has 35 heavy (non-hydrogen) atoms. The monoisotopic (exact) mass is 470 g/mol. The Balaban J connectivity index is 1.86. The van der Waals surface area contributed by atoms with Gasteiger partial charge >= 0.3 is 6.03 Å². The highest BCUT2D eigenvalue weighted by Crippen LogP contribution is 2.29. The van der Waals surface area contributed by atoms with Crippen LogP contribution in [0.1, 0.15) is 36.3 Å². The number of rotatable bonds is 6. The van der Waals surface area contributed by atoms with Crippen LogP contribution in [0.4, 0.5) is 10.5 Å². The molecule has 0 aliphatic heterocycles. The van der Waals surface area contributed by atoms with Crippen molar-refractivity contribution in [1.29, 1.82) is 0 Å². The SMILES string of the molecule is CCC(c1nc2ccccc2c(=O)n1-c1ccccc1OC)N(C)C(=O)Nc1c(C)cccc1C. The van der Waals surface area contributed by atoms with E-state index in [-0.39, 0.29) is 11.6 Å². The average Bonchev–Trinajstić information content (AvgIpc) is 2.87. The quantitative estimate of drug-likeness (QED) is 0.396. The molecule has 0 spiro atoms. The molecule has 1 heterocycles. The lowest BCUT2D eigenvalue weighted by Crippen LogP contribution is -2.38. The van der Waals surface area contributed by atoms with Gasteiger partial charge in [-0.15, -0.1) is 0 Å². The summed E-state index contributed by atoms with van der Waals surface area (Å²) < 4.78 is 7.14. The second kappa shape index (κ2) is 10.0. The van der Waals surface area contributed by atoms with Crippen LogP contribution in [0, 0.1) is 13.8 Å². The minimum atomic E-state index is -0.471. The number of ether oxygens (including phenoxy) is 1. The zero-order valence-corrected chi connectivity index (χ0v) is 20.7. The molecule has 0 fully saturated rings. The Morgan fingerprint density at radius 2 is 1.69 bits per heavy atom. The van der Waals surface area contributed by atoms with E-state index < -0.39 is 6.04 Å². The van der Waals surface area contributed by atoms with Crippen molar-refractivity contribution in [2.24, 2.45) is 0 Å². The summed E-state index contributed by atoms with van der Waals surface area (Å²) in [6.07, 6.45) is 0.552. The highest BCUT2D eigenvalue weighted by Gasteiger charge is 2.28. The van der Waals surface area contributed by atoms with Crippen LogP contribution in [0.2, 0.25) is 0 Å². The number of anilines is 1. The fourth-order valence-electron chi connectivity index (χ4n) is 4.40. The first-order valence-corrected chi connectivity index (χ1v) is 11.6. The molecule has 1 N–H and O–H groups in total. The van der Waals surface area contributed by atoms with Gasteiger partial charge in [-0.1, -0.05) is 49.4 Å². The Kier molecular flexibility index (Phi) is 6.87. The number of hydrogen-bond acceptors (Lipinski definition) is 4. The summed E-state index contributed by atoms with van der Waals surface area (Å²) in [6.45, 7) is 5.90. The third kappa shape index (κ3) is 4.49. The van der Waals surface area contributed by atoms with Crippen LogP contribution in [0.3, 0.4) is 0 Å². The lowest BCUT2D eigenvalue weighted by Gasteiger charge is -2.30. The standard InChI is InChI=1S/C28H30N4O3/c1-6-22(31(4)28(34)30-25-18(2)12-11-13-19(25)3)26-29-21-15-8-7-14-20(21)27(33)32(26)23-16-9-10-17-24(23)35-5/h7-17,22H,6H2,1-5H3,(H,30,34). The van der Waals surface area contributed by atoms with Crippen molar-refractivity contribution >= 4 is 22.6 Å². The van der Waals surface area contributed by atoms with Gasteiger partial charge in [-0.2, -0.15) is 0 Å². The van der Waals surface area contributed by atoms with Crippen LogP contribution in [0.15, 0.2) is 71.5 Å². The number of carbonyl (C=O) groups excluding carboxylic acids is 1. The second-order valence-corrected chi connectivity index (χ2v) is 8.53. The van der Waals surface area contributed by atoms with Crippen LogP contribution < -0.4 is 15.6 Å². The average molecular weight is 471 g/mol. The van der Waals surface area contributed by atoms with Gasteiger partial charge < -0.3 is 15.0 Å². The molecule has 2 amide bonds. The summed E-state index contributed by atoms with van der Waals surface area (Å²) in [5, 5.41) is 3.54. The Bertz CT molecular complexity index is 1420. The van der Waals surface area contributed by atoms with E-state index in [2.05, 4.69) is 5.32 Å². The Morgan fingerprint density at radius 1 is 1.03 bits per heavy atom. The summed E-state index contributed by atoms with van der Waals surface area (Å²) in [5.41, 5.74) is 3.70. The molecule has 3 aromatic carbocycles. The van der Waals surface area contributed by atoms with Gasteiger partial charge in [0.2, 0.25) is 0 Å². The van der Waals surface area contributed by atoms with E-state index in [1.807, 2.05) is 75.4 Å². The van der Waals surface area contributed by atoms with E-state index in [1.165, 1.54) is 0 Å². The maximum Gasteiger partial charge on any atom is 0.322 e. The molecule has 0 aliphatic rings. The first kappa shape index (κ1) is 24.0. The zero-order chi connectivity index (χ0) is 25.1. The zero-order valence-electron chi connectivity index (χ0n) is 20.7. The number of para-hydroxylation sites is 4. The molecule has 0 radical (unpaired) electrons. The predicted octanol–water partition coefficient (Wildman–Crippen LogP) is 5.63. The molecular formula is C28H30N4O3. The fraction of sp³-hybridized carbons (Fsp3) is 0.250. The number of amides is 2. The molecule has 7 heteroatoms. The van der Waals surface area contributed by atoms with Gasteiger partial charge in [-0.3, -0.25) is 9.36 Å². The van der Waals surface area contributed by atoms with Crippen LogP contribution in [0.5, 0.6) is 5.75 Å². The van der Waals surface area contributed by atoms with Crippen molar-refractivity contribution < 1.29 is 9.53 Å². The van der Waals surface area contributed by atoms with E-state index in [9.17, 15) is 9.59 Å². The third-order valence-corrected chi connectivity index (χ3v) is 6.31. The topological polar surface area (TPSA) is 76.5 Å². The molecule has 4 rings (SSSR count). The van der Waals surface area contributed by atoms with Crippen molar-refractivity contribution in [2.75, 3.05) is 19.5 Å². The van der Waals surface area contributed by atoms with Crippen LogP contribution in [-0.2, 0) is 0 Å². The highest BCUT2D eigenvalue weighted by atomic mass is 16.5. The predicted molar refractivity (Wildman–Crippen MR) is 140 cm³/mol. The van der Waals surface area contributed by atoms with Gasteiger partial charge in [-0.05, 0) is 55.7 Å². The molecular weight excluding hydrogens is 440 g/mol. The van der Waals surface area contributed by atoms with E-state index in [1.54, 1.807) is 35.8 Å². The molecule has 0 saturated heterocycles. The van der Waals surface area contributed by atoms with Gasteiger partial charge in [0.15, 0.2) is 0 Å². The molecule has 0 bridgehead atoms. The van der Waals surface area contributed by atoms with Crippen LogP contribution >= 0.6 is 0 Å². The lowest BCUT2D eigenvalue weighted by molar-refractivity contribution is 0.199. The van der Waals surface area contributed by atoms with Gasteiger partial charge in [0, 0.05) is 12.7 Å². The molecule has 7 nitrogen and oxygen atoms in total. The number of aromatic nitrogens is 2. The smallest absolute Gasteiger partial charge is 0.322 e. The van der Waals surface area contributed by atoms with Gasteiger partial charge in [0.05, 0.1) is 29.7 Å². The minimum Gasteiger partial charge on any atom is -0.495 e. The molecule has 1 aromatic heterocycles. The van der Waals surface area contributed by atoms with Gasteiger partial charge in [0.1, 0.15) is 11.6 Å². The number of hydrogen-bond donors (Lipinski definition) is 1. The summed E-state index contributed by atoms with van der Waals surface area (Å²) in [7, 11) is 3.30. The summed E-state index contributed by atoms with van der Waals surface area (Å²) in [6, 6.07) is 19.7. The third-order valence-electron chi connectivity index (χ3n) is 6.31. The Morgan fingerprint density at radius 3 is 2.37 bits per heavy atom. The molecule has 180 valence electrons. The Hall–Kier alpha value is -4.13. The summed E-state index contributed by atoms with van der Waals surface area (Å²) in [5.74, 6) is 1.02. The Labute approximate surface area is 205 Å². The molecule has 1 atom stereocenters. The molecule has 0 saturated carbocycles.